The summed E-state index contributed by atoms with van der Waals surface area (Å²) >= 11 is 0. The van der Waals surface area contributed by atoms with Crippen LogP contribution in [0.1, 0.15) is 37.6 Å². The number of rotatable bonds is 13. The number of carbonyl (C=O) groups excluding carboxylic acids is 2. The molecule has 0 bridgehead atoms. The molecule has 1 unspecified atom stereocenters. The highest BCUT2D eigenvalue weighted by Crippen LogP contribution is 2.04. The van der Waals surface area contributed by atoms with Crippen molar-refractivity contribution in [3.63, 3.8) is 0 Å². The van der Waals surface area contributed by atoms with Gasteiger partial charge < -0.3 is 15.5 Å². The normalized spacial score (nSPS) is 12.2. The van der Waals surface area contributed by atoms with Gasteiger partial charge >= 0.3 is 0 Å². The van der Waals surface area contributed by atoms with Gasteiger partial charge in [-0.1, -0.05) is 25.8 Å². The molecule has 2 N–H and O–H groups in total. The highest BCUT2D eigenvalue weighted by atomic mass is 16.2. The molecule has 146 valence electrons. The topological polar surface area (TPSA) is 77.6 Å². The van der Waals surface area contributed by atoms with Gasteiger partial charge in [0.15, 0.2) is 0 Å². The summed E-state index contributed by atoms with van der Waals surface area (Å²) in [7, 11) is 6.19. The fraction of sp³-hybridized carbons (Fsp3) is 0.632. The number of nitrogens with one attached hydrogen (secondary N) is 2. The number of likely N-dealkylation sites (N-methyl/N-ethyl adjacent to an activating group) is 2. The van der Waals surface area contributed by atoms with Crippen molar-refractivity contribution in [3.05, 3.63) is 29.6 Å². The quantitative estimate of drug-likeness (QED) is 0.511. The number of hydrogen-bond acceptors (Lipinski definition) is 5. The molecule has 0 aromatic carbocycles. The van der Waals surface area contributed by atoms with Crippen LogP contribution in [0.2, 0.25) is 0 Å². The second kappa shape index (κ2) is 12.4. The predicted molar refractivity (Wildman–Crippen MR) is 103 cm³/mol. The molecule has 0 fully saturated rings. The van der Waals surface area contributed by atoms with Crippen LogP contribution in [0.3, 0.4) is 0 Å². The van der Waals surface area contributed by atoms with E-state index >= 15 is 0 Å². The molecule has 0 aliphatic rings. The van der Waals surface area contributed by atoms with E-state index < -0.39 is 6.04 Å². The Kier molecular flexibility index (Phi) is 10.5. The molecular weight excluding hydrogens is 330 g/mol. The number of nitrogens with zero attached hydrogens (tertiary/aromatic N) is 3. The standard InChI is InChI=1S/C19H33N5O2/c1-5-6-10-18(21-15-25)19(26)20-13-16-8-7-9-17(22-16)14-24(4)12-11-23(2)3/h7-9,15,18H,5-6,10-14H2,1-4H3,(H,20,26)(H,21,25). The first-order chi connectivity index (χ1) is 12.5. The summed E-state index contributed by atoms with van der Waals surface area (Å²) in [6.45, 7) is 5.14. The number of pyridine rings is 1. The highest BCUT2D eigenvalue weighted by molar-refractivity contribution is 5.83. The largest absolute Gasteiger partial charge is 0.349 e. The molecule has 1 atom stereocenters. The van der Waals surface area contributed by atoms with Crippen LogP contribution in [-0.4, -0.2) is 67.4 Å². The Morgan fingerprint density at radius 1 is 1.23 bits per heavy atom. The van der Waals surface area contributed by atoms with Crippen molar-refractivity contribution in [1.29, 1.82) is 0 Å². The van der Waals surface area contributed by atoms with Gasteiger partial charge in [-0.25, -0.2) is 0 Å². The molecule has 0 spiro atoms. The van der Waals surface area contributed by atoms with Gasteiger partial charge in [0.05, 0.1) is 17.9 Å². The van der Waals surface area contributed by atoms with Crippen LogP contribution in [0.15, 0.2) is 18.2 Å². The molecule has 2 amide bonds. The Morgan fingerprint density at radius 2 is 1.96 bits per heavy atom. The van der Waals surface area contributed by atoms with E-state index in [2.05, 4.69) is 53.5 Å². The van der Waals surface area contributed by atoms with Gasteiger partial charge in [0.2, 0.25) is 12.3 Å². The maximum absolute atomic E-state index is 12.3. The minimum Gasteiger partial charge on any atom is -0.349 e. The average Bonchev–Trinajstić information content (AvgIpc) is 2.61. The van der Waals surface area contributed by atoms with Crippen molar-refractivity contribution < 1.29 is 9.59 Å². The van der Waals surface area contributed by atoms with Crippen LogP contribution in [0.5, 0.6) is 0 Å². The van der Waals surface area contributed by atoms with Crippen molar-refractivity contribution in [2.45, 2.75) is 45.3 Å². The van der Waals surface area contributed by atoms with E-state index in [-0.39, 0.29) is 5.91 Å². The Morgan fingerprint density at radius 3 is 2.62 bits per heavy atom. The van der Waals surface area contributed by atoms with Gasteiger partial charge in [-0.3, -0.25) is 19.5 Å². The van der Waals surface area contributed by atoms with Crippen molar-refractivity contribution in [2.75, 3.05) is 34.2 Å². The first-order valence-electron chi connectivity index (χ1n) is 9.21. The monoisotopic (exact) mass is 363 g/mol. The fourth-order valence-electron chi connectivity index (χ4n) is 2.52. The summed E-state index contributed by atoms with van der Waals surface area (Å²) in [6.07, 6.45) is 3.11. The summed E-state index contributed by atoms with van der Waals surface area (Å²) in [5.74, 6) is -0.166. The SMILES string of the molecule is CCCCC(NC=O)C(=O)NCc1cccc(CN(C)CCN(C)C)n1. The minimum atomic E-state index is -0.479. The van der Waals surface area contributed by atoms with Crippen LogP contribution < -0.4 is 10.6 Å². The van der Waals surface area contributed by atoms with E-state index in [1.165, 1.54) is 0 Å². The molecule has 26 heavy (non-hydrogen) atoms. The molecule has 0 saturated heterocycles. The van der Waals surface area contributed by atoms with E-state index in [0.29, 0.717) is 19.4 Å². The summed E-state index contributed by atoms with van der Waals surface area (Å²) in [4.78, 5) is 31.9. The molecule has 1 aromatic heterocycles. The second-order valence-electron chi connectivity index (χ2n) is 6.86. The van der Waals surface area contributed by atoms with E-state index in [9.17, 15) is 9.59 Å². The summed E-state index contributed by atoms with van der Waals surface area (Å²) in [6, 6.07) is 5.38. The lowest BCUT2D eigenvalue weighted by molar-refractivity contribution is -0.125. The number of amides is 2. The third-order valence-electron chi connectivity index (χ3n) is 4.10. The molecule has 0 radical (unpaired) electrons. The lowest BCUT2D eigenvalue weighted by atomic mass is 10.1. The third-order valence-corrected chi connectivity index (χ3v) is 4.10. The van der Waals surface area contributed by atoms with E-state index in [4.69, 9.17) is 0 Å². The van der Waals surface area contributed by atoms with Gasteiger partial charge in [-0.2, -0.15) is 0 Å². The lowest BCUT2D eigenvalue weighted by Crippen LogP contribution is -2.43. The van der Waals surface area contributed by atoms with Crippen LogP contribution in [0.4, 0.5) is 0 Å². The van der Waals surface area contributed by atoms with Crippen molar-refractivity contribution in [3.8, 4) is 0 Å². The maximum Gasteiger partial charge on any atom is 0.242 e. The number of aromatic nitrogens is 1. The minimum absolute atomic E-state index is 0.166. The molecule has 0 aliphatic carbocycles. The zero-order chi connectivity index (χ0) is 19.4. The van der Waals surface area contributed by atoms with Gasteiger partial charge in [-0.15, -0.1) is 0 Å². The fourth-order valence-corrected chi connectivity index (χ4v) is 2.52. The van der Waals surface area contributed by atoms with Crippen LogP contribution in [0, 0.1) is 0 Å². The predicted octanol–water partition coefficient (Wildman–Crippen LogP) is 0.996. The third kappa shape index (κ3) is 8.92. The Labute approximate surface area is 157 Å². The van der Waals surface area contributed by atoms with Gasteiger partial charge in [-0.05, 0) is 39.7 Å². The molecule has 1 rings (SSSR count). The van der Waals surface area contributed by atoms with E-state index in [1.54, 1.807) is 0 Å². The zero-order valence-electron chi connectivity index (χ0n) is 16.5. The Balaban J connectivity index is 2.54. The summed E-state index contributed by atoms with van der Waals surface area (Å²) < 4.78 is 0. The first kappa shape index (κ1) is 22.1. The summed E-state index contributed by atoms with van der Waals surface area (Å²) in [5.41, 5.74) is 1.80. The molecule has 1 heterocycles. The van der Waals surface area contributed by atoms with Gasteiger partial charge in [0.25, 0.3) is 0 Å². The summed E-state index contributed by atoms with van der Waals surface area (Å²) in [5, 5.41) is 5.46. The zero-order valence-corrected chi connectivity index (χ0v) is 16.5. The van der Waals surface area contributed by atoms with Crippen molar-refractivity contribution in [2.24, 2.45) is 0 Å². The molecule has 7 nitrogen and oxygen atoms in total. The van der Waals surface area contributed by atoms with E-state index in [1.807, 2.05) is 18.2 Å². The Hall–Kier alpha value is -1.99. The molecule has 0 saturated carbocycles. The molecular formula is C19H33N5O2. The lowest BCUT2D eigenvalue weighted by Gasteiger charge is -2.19. The smallest absolute Gasteiger partial charge is 0.242 e. The van der Waals surface area contributed by atoms with E-state index in [0.717, 1.165) is 43.9 Å². The van der Waals surface area contributed by atoms with Crippen LogP contribution in [-0.2, 0) is 22.7 Å². The molecule has 1 aromatic rings. The molecule has 0 aliphatic heterocycles. The van der Waals surface area contributed by atoms with Crippen LogP contribution >= 0.6 is 0 Å². The van der Waals surface area contributed by atoms with Crippen molar-refractivity contribution >= 4 is 12.3 Å². The molecule has 7 heteroatoms. The second-order valence-corrected chi connectivity index (χ2v) is 6.86. The van der Waals surface area contributed by atoms with Gasteiger partial charge in [0, 0.05) is 19.6 Å². The van der Waals surface area contributed by atoms with Crippen LogP contribution in [0.25, 0.3) is 0 Å². The maximum atomic E-state index is 12.3. The Bertz CT molecular complexity index is 550. The number of hydrogen-bond donors (Lipinski definition) is 2. The van der Waals surface area contributed by atoms with Gasteiger partial charge in [0.1, 0.15) is 6.04 Å². The number of carbonyl (C=O) groups is 2. The first-order valence-corrected chi connectivity index (χ1v) is 9.21. The average molecular weight is 364 g/mol. The van der Waals surface area contributed by atoms with Crippen molar-refractivity contribution in [1.82, 2.24) is 25.4 Å². The number of unbranched alkanes of at least 4 members (excludes halogenated alkanes) is 1. The highest BCUT2D eigenvalue weighted by Gasteiger charge is 2.16.